The number of carbonyl (C=O) groups excluding carboxylic acids is 1. The van der Waals surface area contributed by atoms with E-state index in [0.29, 0.717) is 21.6 Å². The van der Waals surface area contributed by atoms with Crippen molar-refractivity contribution in [2.75, 3.05) is 10.6 Å². The lowest BCUT2D eigenvalue weighted by Crippen LogP contribution is -2.20. The fourth-order valence-electron chi connectivity index (χ4n) is 3.65. The predicted molar refractivity (Wildman–Crippen MR) is 132 cm³/mol. The number of amides is 1. The van der Waals surface area contributed by atoms with Gasteiger partial charge in [0.25, 0.3) is 11.9 Å². The molecule has 1 unspecified atom stereocenters. The maximum atomic E-state index is 12.7. The molecule has 2 heterocycles. The Labute approximate surface area is 200 Å². The summed E-state index contributed by atoms with van der Waals surface area (Å²) in [5, 5.41) is 11.8. The monoisotopic (exact) mass is 475 g/mol. The number of nitrogens with zero attached hydrogens (tertiary/aromatic N) is 3. The van der Waals surface area contributed by atoms with Gasteiger partial charge in [-0.05, 0) is 54.5 Å². The lowest BCUT2D eigenvalue weighted by molar-refractivity contribution is 0.102. The van der Waals surface area contributed by atoms with E-state index in [1.165, 1.54) is 5.56 Å². The standard InChI is InChI=1S/C25H19Cl2N5O/c1-15-5-7-17(8-6-15)22-14-21(16-9-11-19(26)12-10-16)28-25-30-24(31-32(22)25)29-23(33)18-3-2-4-20(27)13-18/h2-14,22H,1H3,(H2,28,29,30,31,33). The highest BCUT2D eigenvalue weighted by Crippen LogP contribution is 2.33. The van der Waals surface area contributed by atoms with Crippen LogP contribution in [0.15, 0.2) is 78.9 Å². The molecule has 33 heavy (non-hydrogen) atoms. The van der Waals surface area contributed by atoms with Gasteiger partial charge in [-0.15, -0.1) is 5.10 Å². The maximum Gasteiger partial charge on any atom is 0.258 e. The molecule has 8 heteroatoms. The topological polar surface area (TPSA) is 71.8 Å². The number of allylic oxidation sites excluding steroid dienone is 1. The smallest absolute Gasteiger partial charge is 0.258 e. The van der Waals surface area contributed by atoms with Gasteiger partial charge >= 0.3 is 0 Å². The molecule has 0 aliphatic carbocycles. The van der Waals surface area contributed by atoms with Gasteiger partial charge in [0, 0.05) is 21.3 Å². The van der Waals surface area contributed by atoms with Crippen molar-refractivity contribution < 1.29 is 4.79 Å². The van der Waals surface area contributed by atoms with Crippen molar-refractivity contribution in [2.24, 2.45) is 0 Å². The maximum absolute atomic E-state index is 12.7. The van der Waals surface area contributed by atoms with Crippen molar-refractivity contribution in [2.45, 2.75) is 13.0 Å². The summed E-state index contributed by atoms with van der Waals surface area (Å²) in [7, 11) is 0. The van der Waals surface area contributed by atoms with Gasteiger partial charge in [0.2, 0.25) is 5.95 Å². The average Bonchev–Trinajstić information content (AvgIpc) is 3.22. The molecule has 0 bridgehead atoms. The Hall–Kier alpha value is -3.61. The Morgan fingerprint density at radius 2 is 1.76 bits per heavy atom. The number of anilines is 2. The number of nitrogens with one attached hydrogen (secondary N) is 2. The summed E-state index contributed by atoms with van der Waals surface area (Å²) in [5.74, 6) is 0.387. The van der Waals surface area contributed by atoms with Crippen molar-refractivity contribution in [3.63, 3.8) is 0 Å². The summed E-state index contributed by atoms with van der Waals surface area (Å²) < 4.78 is 1.76. The van der Waals surface area contributed by atoms with Crippen LogP contribution in [0.4, 0.5) is 11.9 Å². The van der Waals surface area contributed by atoms with Gasteiger partial charge in [-0.1, -0.05) is 71.2 Å². The van der Waals surface area contributed by atoms with E-state index in [-0.39, 0.29) is 17.9 Å². The molecule has 2 N–H and O–H groups in total. The van der Waals surface area contributed by atoms with Gasteiger partial charge in [-0.2, -0.15) is 4.98 Å². The molecular formula is C25H19Cl2N5O. The number of rotatable bonds is 4. The van der Waals surface area contributed by atoms with Gasteiger partial charge in [0.1, 0.15) is 6.04 Å². The second kappa shape index (κ2) is 8.73. The van der Waals surface area contributed by atoms with Crippen LogP contribution in [0.1, 0.15) is 33.1 Å². The third-order valence-corrected chi connectivity index (χ3v) is 5.84. The molecule has 1 amide bonds. The average molecular weight is 476 g/mol. The Bertz CT molecular complexity index is 1360. The molecule has 5 rings (SSSR count). The van der Waals surface area contributed by atoms with Gasteiger partial charge in [-0.25, -0.2) is 4.68 Å². The van der Waals surface area contributed by atoms with Gasteiger partial charge in [-0.3, -0.25) is 10.1 Å². The molecule has 4 aromatic rings. The van der Waals surface area contributed by atoms with Crippen LogP contribution in [0.3, 0.4) is 0 Å². The highest BCUT2D eigenvalue weighted by molar-refractivity contribution is 6.31. The first kappa shape index (κ1) is 21.2. The van der Waals surface area contributed by atoms with Gasteiger partial charge < -0.3 is 5.32 Å². The van der Waals surface area contributed by atoms with E-state index in [1.807, 2.05) is 31.2 Å². The highest BCUT2D eigenvalue weighted by Gasteiger charge is 2.26. The van der Waals surface area contributed by atoms with Crippen molar-refractivity contribution in [1.29, 1.82) is 0 Å². The minimum atomic E-state index is -0.335. The van der Waals surface area contributed by atoms with E-state index in [9.17, 15) is 4.79 Å². The zero-order valence-corrected chi connectivity index (χ0v) is 19.1. The lowest BCUT2D eigenvalue weighted by Gasteiger charge is -2.24. The van der Waals surface area contributed by atoms with Crippen LogP contribution in [0, 0.1) is 6.92 Å². The minimum Gasteiger partial charge on any atom is -0.324 e. The molecule has 3 aromatic carbocycles. The summed E-state index contributed by atoms with van der Waals surface area (Å²) >= 11 is 12.1. The van der Waals surface area contributed by atoms with E-state index in [0.717, 1.165) is 16.8 Å². The zero-order valence-electron chi connectivity index (χ0n) is 17.6. The molecule has 0 saturated carbocycles. The van der Waals surface area contributed by atoms with Crippen LogP contribution in [0.5, 0.6) is 0 Å². The second-order valence-corrected chi connectivity index (χ2v) is 8.61. The Kier molecular flexibility index (Phi) is 5.62. The van der Waals surface area contributed by atoms with Crippen LogP contribution >= 0.6 is 23.2 Å². The highest BCUT2D eigenvalue weighted by atomic mass is 35.5. The fourth-order valence-corrected chi connectivity index (χ4v) is 3.96. The summed E-state index contributed by atoms with van der Waals surface area (Å²) in [6.07, 6.45) is 2.08. The van der Waals surface area contributed by atoms with Crippen LogP contribution in [0.25, 0.3) is 5.70 Å². The number of aryl methyl sites for hydroxylation is 1. The molecule has 0 saturated heterocycles. The zero-order chi connectivity index (χ0) is 22.9. The van der Waals surface area contributed by atoms with Crippen molar-refractivity contribution in [3.05, 3.63) is 111 Å². The number of halogens is 2. The van der Waals surface area contributed by atoms with E-state index in [4.69, 9.17) is 23.2 Å². The number of aromatic nitrogens is 3. The number of carbonyl (C=O) groups is 1. The molecule has 164 valence electrons. The Balaban J connectivity index is 1.51. The van der Waals surface area contributed by atoms with E-state index >= 15 is 0 Å². The molecule has 1 atom stereocenters. The first-order valence-electron chi connectivity index (χ1n) is 10.3. The van der Waals surface area contributed by atoms with E-state index < -0.39 is 0 Å². The first-order chi connectivity index (χ1) is 16.0. The quantitative estimate of drug-likeness (QED) is 0.368. The molecule has 1 aliphatic rings. The first-order valence-corrected chi connectivity index (χ1v) is 11.1. The molecule has 6 nitrogen and oxygen atoms in total. The summed E-state index contributed by atoms with van der Waals surface area (Å²) in [4.78, 5) is 17.2. The molecular weight excluding hydrogens is 457 g/mol. The van der Waals surface area contributed by atoms with Crippen molar-refractivity contribution in [1.82, 2.24) is 14.8 Å². The van der Waals surface area contributed by atoms with Crippen LogP contribution in [0.2, 0.25) is 10.0 Å². The van der Waals surface area contributed by atoms with Crippen LogP contribution in [-0.4, -0.2) is 20.7 Å². The predicted octanol–water partition coefficient (Wildman–Crippen LogP) is 6.20. The molecule has 1 aliphatic heterocycles. The third kappa shape index (κ3) is 4.49. The van der Waals surface area contributed by atoms with Gasteiger partial charge in [0.15, 0.2) is 0 Å². The Morgan fingerprint density at radius 3 is 2.48 bits per heavy atom. The Morgan fingerprint density at radius 1 is 1.00 bits per heavy atom. The summed E-state index contributed by atoms with van der Waals surface area (Å²) in [6, 6.07) is 22.3. The second-order valence-electron chi connectivity index (χ2n) is 7.74. The largest absolute Gasteiger partial charge is 0.324 e. The number of hydrogen-bond donors (Lipinski definition) is 2. The minimum absolute atomic E-state index is 0.199. The molecule has 0 spiro atoms. The molecule has 0 fully saturated rings. The summed E-state index contributed by atoms with van der Waals surface area (Å²) in [6.45, 7) is 2.05. The van der Waals surface area contributed by atoms with Gasteiger partial charge in [0.05, 0.1) is 0 Å². The van der Waals surface area contributed by atoms with E-state index in [2.05, 4.69) is 51.1 Å². The normalized spacial score (nSPS) is 14.8. The number of benzene rings is 3. The van der Waals surface area contributed by atoms with Crippen molar-refractivity contribution >= 4 is 46.7 Å². The lowest BCUT2D eigenvalue weighted by atomic mass is 10.0. The van der Waals surface area contributed by atoms with Crippen molar-refractivity contribution in [3.8, 4) is 0 Å². The number of hydrogen-bond acceptors (Lipinski definition) is 4. The molecule has 0 radical (unpaired) electrons. The number of fused-ring (bicyclic) bond motifs is 1. The molecule has 1 aromatic heterocycles. The summed E-state index contributed by atoms with van der Waals surface area (Å²) in [5.41, 5.74) is 4.49. The van der Waals surface area contributed by atoms with Crippen LogP contribution < -0.4 is 10.6 Å². The van der Waals surface area contributed by atoms with Crippen LogP contribution in [-0.2, 0) is 0 Å². The fraction of sp³-hybridized carbons (Fsp3) is 0.0800. The SMILES string of the molecule is Cc1ccc(C2C=C(c3ccc(Cl)cc3)Nc3nc(NC(=O)c4cccc(Cl)c4)nn32)cc1. The third-order valence-electron chi connectivity index (χ3n) is 5.35. The van der Waals surface area contributed by atoms with E-state index in [1.54, 1.807) is 28.9 Å².